The molecule has 3 saturated heterocycles. The maximum Gasteiger partial charge on any atom is 0.217 e. The molecular weight excluding hydrogens is 532 g/mol. The van der Waals surface area contributed by atoms with Crippen molar-refractivity contribution in [2.75, 3.05) is 19.8 Å². The molecule has 0 unspecified atom stereocenters. The van der Waals surface area contributed by atoms with E-state index in [9.17, 15) is 50.4 Å². The predicted molar refractivity (Wildman–Crippen MR) is 123 cm³/mol. The lowest BCUT2D eigenvalue weighted by molar-refractivity contribution is -0.334. The van der Waals surface area contributed by atoms with E-state index >= 15 is 0 Å². The SMILES string of the molecule is CC(=O)N[C@@H]1[C@@H](O[C@@H]2O[C@H](CO)C[C@H](O)[C@H]2O)[C@@H](O)[C@@H](CO[C@@H]2O[C@H](CO)[C@@H](O)[C@H](O)[C@H]2NC(C)=O)O[C@@H]1O. The summed E-state index contributed by atoms with van der Waals surface area (Å²) < 4.78 is 27.7. The van der Waals surface area contributed by atoms with E-state index in [0.29, 0.717) is 0 Å². The fourth-order valence-electron chi connectivity index (χ4n) is 4.73. The van der Waals surface area contributed by atoms with Crippen LogP contribution < -0.4 is 10.6 Å². The smallest absolute Gasteiger partial charge is 0.217 e. The minimum atomic E-state index is -1.77. The second kappa shape index (κ2) is 13.9. The van der Waals surface area contributed by atoms with E-state index in [1.165, 1.54) is 0 Å². The van der Waals surface area contributed by atoms with E-state index in [1.54, 1.807) is 0 Å². The summed E-state index contributed by atoms with van der Waals surface area (Å²) >= 11 is 0. The van der Waals surface area contributed by atoms with Gasteiger partial charge in [-0.1, -0.05) is 0 Å². The fourth-order valence-corrected chi connectivity index (χ4v) is 4.73. The molecule has 0 aromatic rings. The number of hydrogen-bond acceptors (Lipinski definition) is 15. The van der Waals surface area contributed by atoms with Crippen LogP contribution in [-0.4, -0.2) is 158 Å². The molecule has 10 N–H and O–H groups in total. The molecule has 17 nitrogen and oxygen atoms in total. The van der Waals surface area contributed by atoms with Gasteiger partial charge in [0.15, 0.2) is 18.9 Å². The van der Waals surface area contributed by atoms with Crippen LogP contribution >= 0.6 is 0 Å². The normalized spacial score (nSPS) is 45.0. The van der Waals surface area contributed by atoms with Gasteiger partial charge in [-0.2, -0.15) is 0 Å². The van der Waals surface area contributed by atoms with Crippen LogP contribution in [0.5, 0.6) is 0 Å². The first-order valence-electron chi connectivity index (χ1n) is 12.5. The predicted octanol–water partition coefficient (Wildman–Crippen LogP) is -6.26. The maximum atomic E-state index is 11.8. The van der Waals surface area contributed by atoms with Gasteiger partial charge in [0.05, 0.1) is 32.0 Å². The molecule has 17 heteroatoms. The summed E-state index contributed by atoms with van der Waals surface area (Å²) in [4.78, 5) is 23.4. The summed E-state index contributed by atoms with van der Waals surface area (Å²) in [5.41, 5.74) is 0. The molecular formula is C22H38N2O15. The topological polar surface area (TPSA) is 266 Å². The largest absolute Gasteiger partial charge is 0.394 e. The van der Waals surface area contributed by atoms with E-state index in [1.807, 2.05) is 0 Å². The van der Waals surface area contributed by atoms with E-state index < -0.39 is 118 Å². The van der Waals surface area contributed by atoms with Crippen LogP contribution in [0.4, 0.5) is 0 Å². The van der Waals surface area contributed by atoms with Crippen LogP contribution in [0.1, 0.15) is 20.3 Å². The highest BCUT2D eigenvalue weighted by molar-refractivity contribution is 5.73. The van der Waals surface area contributed by atoms with Crippen molar-refractivity contribution < 1.29 is 74.1 Å². The van der Waals surface area contributed by atoms with Crippen molar-refractivity contribution in [1.29, 1.82) is 0 Å². The second-order valence-corrected chi connectivity index (χ2v) is 9.75. The molecule has 39 heavy (non-hydrogen) atoms. The van der Waals surface area contributed by atoms with Crippen LogP contribution in [0.25, 0.3) is 0 Å². The summed E-state index contributed by atoms with van der Waals surface area (Å²) in [5.74, 6) is -1.20. The Morgan fingerprint density at radius 1 is 0.769 bits per heavy atom. The Bertz CT molecular complexity index is 822. The van der Waals surface area contributed by atoms with Crippen LogP contribution in [-0.2, 0) is 33.3 Å². The Kier molecular flexibility index (Phi) is 11.4. The number of carbonyl (C=O) groups is 2. The molecule has 0 radical (unpaired) electrons. The summed E-state index contributed by atoms with van der Waals surface area (Å²) in [5, 5.41) is 86.4. The monoisotopic (exact) mass is 570 g/mol. The minimum absolute atomic E-state index is 0.0890. The van der Waals surface area contributed by atoms with Gasteiger partial charge in [-0.25, -0.2) is 0 Å². The second-order valence-electron chi connectivity index (χ2n) is 9.75. The van der Waals surface area contributed by atoms with E-state index in [2.05, 4.69) is 10.6 Å². The van der Waals surface area contributed by atoms with Crippen LogP contribution in [0.3, 0.4) is 0 Å². The summed E-state index contributed by atoms with van der Waals surface area (Å²) in [6, 6.07) is -2.65. The molecule has 2 amide bonds. The average molecular weight is 571 g/mol. The average Bonchev–Trinajstić information content (AvgIpc) is 2.88. The number of hydrogen-bond donors (Lipinski definition) is 10. The van der Waals surface area contributed by atoms with Gasteiger partial charge < -0.3 is 75.2 Å². The van der Waals surface area contributed by atoms with Gasteiger partial charge in [-0.15, -0.1) is 0 Å². The molecule has 226 valence electrons. The lowest BCUT2D eigenvalue weighted by Gasteiger charge is -2.46. The van der Waals surface area contributed by atoms with Gasteiger partial charge >= 0.3 is 0 Å². The summed E-state index contributed by atoms with van der Waals surface area (Å²) in [6.07, 6.45) is -17.7. The number of aliphatic hydroxyl groups excluding tert-OH is 8. The van der Waals surface area contributed by atoms with E-state index in [0.717, 1.165) is 13.8 Å². The van der Waals surface area contributed by atoms with Crippen molar-refractivity contribution in [1.82, 2.24) is 10.6 Å². The van der Waals surface area contributed by atoms with Crippen molar-refractivity contribution in [2.45, 2.75) is 106 Å². The van der Waals surface area contributed by atoms with E-state index in [-0.39, 0.29) is 6.42 Å². The Morgan fingerprint density at radius 3 is 2.00 bits per heavy atom. The number of aliphatic hydroxyl groups is 8. The third-order valence-corrected chi connectivity index (χ3v) is 6.74. The highest BCUT2D eigenvalue weighted by Crippen LogP contribution is 2.30. The van der Waals surface area contributed by atoms with Gasteiger partial charge in [0, 0.05) is 20.3 Å². The Morgan fingerprint density at radius 2 is 1.41 bits per heavy atom. The number of ether oxygens (including phenoxy) is 5. The quantitative estimate of drug-likeness (QED) is 0.124. The number of amides is 2. The van der Waals surface area contributed by atoms with Crippen molar-refractivity contribution >= 4 is 11.8 Å². The number of carbonyl (C=O) groups excluding carboxylic acids is 2. The van der Waals surface area contributed by atoms with Crippen LogP contribution in [0, 0.1) is 0 Å². The van der Waals surface area contributed by atoms with Gasteiger partial charge in [0.1, 0.15) is 54.8 Å². The lowest BCUT2D eigenvalue weighted by atomic mass is 9.95. The third kappa shape index (κ3) is 7.59. The highest BCUT2D eigenvalue weighted by Gasteiger charge is 2.51. The first-order valence-corrected chi connectivity index (χ1v) is 12.5. The van der Waals surface area contributed by atoms with Crippen LogP contribution in [0.15, 0.2) is 0 Å². The standard InChI is InChI=1S/C22H38N2O15/c1-7(27)23-13-18(33)16(31)11(5-26)38-21(13)35-6-12-17(32)19(14(20(34)37-12)24-8(2)28)39-22-15(30)10(29)3-9(4-25)36-22/h9-22,25-26,29-34H,3-6H2,1-2H3,(H,23,27)(H,24,28)/t9-,10-,11+,12+,13+,14+,15+,16+,17-,18+,19+,20-,21+,22-/m0/s1. The highest BCUT2D eigenvalue weighted by atomic mass is 16.7. The zero-order chi connectivity index (χ0) is 29.0. The van der Waals surface area contributed by atoms with E-state index in [4.69, 9.17) is 23.7 Å². The molecule has 3 aliphatic rings. The number of nitrogens with one attached hydrogen (secondary N) is 2. The van der Waals surface area contributed by atoms with Gasteiger partial charge in [0.25, 0.3) is 0 Å². The molecule has 3 aliphatic heterocycles. The number of rotatable bonds is 9. The molecule has 3 fully saturated rings. The van der Waals surface area contributed by atoms with Gasteiger partial charge in [-0.05, 0) is 0 Å². The molecule has 3 heterocycles. The molecule has 0 spiro atoms. The first-order chi connectivity index (χ1) is 18.4. The molecule has 0 aliphatic carbocycles. The Labute approximate surface area is 223 Å². The molecule has 0 aromatic carbocycles. The Balaban J connectivity index is 1.77. The van der Waals surface area contributed by atoms with Crippen molar-refractivity contribution in [3.63, 3.8) is 0 Å². The maximum absolute atomic E-state index is 11.8. The summed E-state index contributed by atoms with van der Waals surface area (Å²) in [6.45, 7) is 0.555. The van der Waals surface area contributed by atoms with Gasteiger partial charge in [-0.3, -0.25) is 9.59 Å². The van der Waals surface area contributed by atoms with Crippen molar-refractivity contribution in [3.05, 3.63) is 0 Å². The third-order valence-electron chi connectivity index (χ3n) is 6.74. The first kappa shape index (κ1) is 31.9. The molecule has 3 rings (SSSR count). The van der Waals surface area contributed by atoms with Crippen molar-refractivity contribution in [3.8, 4) is 0 Å². The van der Waals surface area contributed by atoms with Crippen LogP contribution in [0.2, 0.25) is 0 Å². The fraction of sp³-hybridized carbons (Fsp3) is 0.909. The molecule has 14 atom stereocenters. The minimum Gasteiger partial charge on any atom is -0.394 e. The molecule has 0 bridgehead atoms. The lowest BCUT2D eigenvalue weighted by Crippen LogP contribution is -2.67. The zero-order valence-corrected chi connectivity index (χ0v) is 21.3. The zero-order valence-electron chi connectivity index (χ0n) is 21.3. The van der Waals surface area contributed by atoms with Gasteiger partial charge in [0.2, 0.25) is 11.8 Å². The molecule has 0 aromatic heterocycles. The van der Waals surface area contributed by atoms with Crippen molar-refractivity contribution in [2.24, 2.45) is 0 Å². The molecule has 0 saturated carbocycles. The summed E-state index contributed by atoms with van der Waals surface area (Å²) in [7, 11) is 0. The Hall–Kier alpha value is -1.58.